The minimum atomic E-state index is -0.496. The number of esters is 1. The highest BCUT2D eigenvalue weighted by molar-refractivity contribution is 6.03. The maximum atomic E-state index is 13.0. The molecule has 1 aliphatic carbocycles. The number of nitrogens with one attached hydrogen (secondary N) is 1. The number of likely N-dealkylation sites (N-methyl/N-ethyl adjacent to an activating group) is 1. The third-order valence-electron chi connectivity index (χ3n) is 5.69. The molecule has 0 saturated heterocycles. The van der Waals surface area contributed by atoms with E-state index in [1.54, 1.807) is 6.07 Å². The van der Waals surface area contributed by atoms with E-state index < -0.39 is 5.60 Å². The molecule has 2 aromatic rings. The summed E-state index contributed by atoms with van der Waals surface area (Å²) in [4.78, 5) is 37.8. The number of carbonyl (C=O) groups is 2. The van der Waals surface area contributed by atoms with Crippen molar-refractivity contribution in [3.05, 3.63) is 47.4 Å². The second-order valence-electron chi connectivity index (χ2n) is 10.5. The maximum Gasteiger partial charge on any atom is 0.320 e. The van der Waals surface area contributed by atoms with Crippen molar-refractivity contribution in [1.82, 2.24) is 14.9 Å². The van der Waals surface area contributed by atoms with Crippen LogP contribution in [0.1, 0.15) is 68.6 Å². The summed E-state index contributed by atoms with van der Waals surface area (Å²) in [5.74, 6) is 1.03. The Morgan fingerprint density at radius 2 is 1.91 bits per heavy atom. The lowest BCUT2D eigenvalue weighted by molar-refractivity contribution is -0.155. The molecule has 8 nitrogen and oxygen atoms in total. The quantitative estimate of drug-likeness (QED) is 0.475. The standard InChI is InChI=1S/C27H39N5O3/c1-7-12-32(16-20-8-9-20)24-14-23(28-18-29-24)26(34)30-22-11-10-21(13-19(22)2)15-31(6)17-25(33)35-27(3,4)5/h10-11,13-14,18,20H,7-9,12,15-17H2,1-6H3,(H,30,34). The Bertz CT molecular complexity index is 1030. The zero-order valence-corrected chi connectivity index (χ0v) is 21.9. The number of carbonyl (C=O) groups excluding carboxylic acids is 2. The van der Waals surface area contributed by atoms with Crippen LogP contribution in [-0.2, 0) is 16.1 Å². The fourth-order valence-electron chi connectivity index (χ4n) is 3.94. The van der Waals surface area contributed by atoms with E-state index in [0.29, 0.717) is 12.2 Å². The van der Waals surface area contributed by atoms with Gasteiger partial charge < -0.3 is 15.0 Å². The van der Waals surface area contributed by atoms with Crippen molar-refractivity contribution in [2.75, 3.05) is 36.9 Å². The van der Waals surface area contributed by atoms with E-state index in [1.807, 2.05) is 57.8 Å². The molecule has 1 aromatic heterocycles. The van der Waals surface area contributed by atoms with Crippen molar-refractivity contribution in [2.45, 2.75) is 66.0 Å². The predicted octanol–water partition coefficient (Wildman–Crippen LogP) is 4.44. The number of anilines is 2. The van der Waals surface area contributed by atoms with Gasteiger partial charge in [0.1, 0.15) is 23.4 Å². The summed E-state index contributed by atoms with van der Waals surface area (Å²) in [5.41, 5.74) is 2.58. The molecule has 1 heterocycles. The van der Waals surface area contributed by atoms with Crippen LogP contribution < -0.4 is 10.2 Å². The second kappa shape index (κ2) is 11.6. The third-order valence-corrected chi connectivity index (χ3v) is 5.69. The molecular weight excluding hydrogens is 442 g/mol. The van der Waals surface area contributed by atoms with E-state index in [4.69, 9.17) is 4.74 Å². The molecule has 1 amide bonds. The van der Waals surface area contributed by atoms with E-state index >= 15 is 0 Å². The third kappa shape index (κ3) is 8.62. The van der Waals surface area contributed by atoms with Gasteiger partial charge in [-0.2, -0.15) is 0 Å². The van der Waals surface area contributed by atoms with Crippen molar-refractivity contribution in [1.29, 1.82) is 0 Å². The van der Waals surface area contributed by atoms with E-state index in [2.05, 4.69) is 27.1 Å². The molecule has 1 saturated carbocycles. The first-order chi connectivity index (χ1) is 16.5. The summed E-state index contributed by atoms with van der Waals surface area (Å²) in [6.45, 7) is 12.4. The molecule has 1 fully saturated rings. The van der Waals surface area contributed by atoms with Gasteiger partial charge in [0.15, 0.2) is 0 Å². The Morgan fingerprint density at radius 1 is 1.17 bits per heavy atom. The number of benzene rings is 1. The van der Waals surface area contributed by atoms with Gasteiger partial charge in [-0.15, -0.1) is 0 Å². The Kier molecular flexibility index (Phi) is 8.83. The van der Waals surface area contributed by atoms with Crippen LogP contribution in [0.15, 0.2) is 30.6 Å². The van der Waals surface area contributed by atoms with Gasteiger partial charge in [0.05, 0.1) is 6.54 Å². The molecule has 8 heteroatoms. The number of ether oxygens (including phenoxy) is 1. The molecule has 0 spiro atoms. The number of rotatable bonds is 11. The first-order valence-electron chi connectivity index (χ1n) is 12.4. The second-order valence-corrected chi connectivity index (χ2v) is 10.5. The van der Waals surface area contributed by atoms with Gasteiger partial charge in [-0.25, -0.2) is 9.97 Å². The van der Waals surface area contributed by atoms with Crippen LogP contribution in [0.4, 0.5) is 11.5 Å². The highest BCUT2D eigenvalue weighted by atomic mass is 16.6. The lowest BCUT2D eigenvalue weighted by atomic mass is 10.1. The highest BCUT2D eigenvalue weighted by Crippen LogP contribution is 2.31. The lowest BCUT2D eigenvalue weighted by Gasteiger charge is -2.23. The number of aromatic nitrogens is 2. The minimum Gasteiger partial charge on any atom is -0.459 e. The molecule has 0 unspecified atom stereocenters. The van der Waals surface area contributed by atoms with Crippen LogP contribution in [-0.4, -0.2) is 59.0 Å². The van der Waals surface area contributed by atoms with Gasteiger partial charge in [-0.05, 0) is 77.1 Å². The molecule has 1 aliphatic rings. The minimum absolute atomic E-state index is 0.209. The Hall–Kier alpha value is -3.00. The molecule has 0 aliphatic heterocycles. The zero-order chi connectivity index (χ0) is 25.6. The largest absolute Gasteiger partial charge is 0.459 e. The van der Waals surface area contributed by atoms with Crippen LogP contribution in [0.3, 0.4) is 0 Å². The Morgan fingerprint density at radius 3 is 2.54 bits per heavy atom. The molecule has 1 N–H and O–H groups in total. The summed E-state index contributed by atoms with van der Waals surface area (Å²) in [5, 5.41) is 2.98. The molecular formula is C27H39N5O3. The summed E-state index contributed by atoms with van der Waals surface area (Å²) >= 11 is 0. The summed E-state index contributed by atoms with van der Waals surface area (Å²) < 4.78 is 5.39. The molecule has 35 heavy (non-hydrogen) atoms. The predicted molar refractivity (Wildman–Crippen MR) is 139 cm³/mol. The molecule has 0 bridgehead atoms. The van der Waals surface area contributed by atoms with Gasteiger partial charge >= 0.3 is 5.97 Å². The molecule has 1 aromatic carbocycles. The number of aryl methyl sites for hydroxylation is 1. The van der Waals surface area contributed by atoms with Crippen molar-refractivity contribution in [2.24, 2.45) is 5.92 Å². The number of hydrogen-bond acceptors (Lipinski definition) is 7. The number of amides is 1. The fourth-order valence-corrected chi connectivity index (χ4v) is 3.94. The van der Waals surface area contributed by atoms with E-state index in [1.165, 1.54) is 19.2 Å². The van der Waals surface area contributed by atoms with Crippen molar-refractivity contribution < 1.29 is 14.3 Å². The number of nitrogens with zero attached hydrogens (tertiary/aromatic N) is 4. The summed E-state index contributed by atoms with van der Waals surface area (Å²) in [6, 6.07) is 7.65. The van der Waals surface area contributed by atoms with Gasteiger partial charge in [-0.1, -0.05) is 19.1 Å². The molecule has 0 atom stereocenters. The Labute approximate surface area is 209 Å². The maximum absolute atomic E-state index is 13.0. The van der Waals surface area contributed by atoms with E-state index in [9.17, 15) is 9.59 Å². The normalized spacial score (nSPS) is 13.6. The highest BCUT2D eigenvalue weighted by Gasteiger charge is 2.25. The van der Waals surface area contributed by atoms with Gasteiger partial charge in [0.2, 0.25) is 0 Å². The monoisotopic (exact) mass is 481 g/mol. The van der Waals surface area contributed by atoms with Gasteiger partial charge in [0.25, 0.3) is 5.91 Å². The van der Waals surface area contributed by atoms with Gasteiger partial charge in [0, 0.05) is 31.4 Å². The van der Waals surface area contributed by atoms with Gasteiger partial charge in [-0.3, -0.25) is 14.5 Å². The smallest absolute Gasteiger partial charge is 0.320 e. The molecule has 0 radical (unpaired) electrons. The Balaban J connectivity index is 1.61. The first-order valence-corrected chi connectivity index (χ1v) is 12.4. The van der Waals surface area contributed by atoms with Crippen LogP contribution in [0.2, 0.25) is 0 Å². The lowest BCUT2D eigenvalue weighted by Crippen LogP contribution is -2.32. The summed E-state index contributed by atoms with van der Waals surface area (Å²) in [7, 11) is 1.88. The van der Waals surface area contributed by atoms with Crippen LogP contribution in [0.25, 0.3) is 0 Å². The first kappa shape index (κ1) is 26.6. The summed E-state index contributed by atoms with van der Waals surface area (Å²) in [6.07, 6.45) is 5.03. The van der Waals surface area contributed by atoms with Crippen molar-refractivity contribution in [3.63, 3.8) is 0 Å². The molecule has 3 rings (SSSR count). The van der Waals surface area contributed by atoms with Crippen LogP contribution in [0, 0.1) is 12.8 Å². The van der Waals surface area contributed by atoms with Crippen LogP contribution in [0.5, 0.6) is 0 Å². The SMILES string of the molecule is CCCN(CC1CC1)c1cc(C(=O)Nc2ccc(CN(C)CC(=O)OC(C)(C)C)cc2C)ncn1. The van der Waals surface area contributed by atoms with Crippen LogP contribution >= 0.6 is 0 Å². The number of hydrogen-bond donors (Lipinski definition) is 1. The average Bonchev–Trinajstić information content (AvgIpc) is 3.58. The topological polar surface area (TPSA) is 87.7 Å². The zero-order valence-electron chi connectivity index (χ0n) is 21.9. The van der Waals surface area contributed by atoms with Crippen molar-refractivity contribution >= 4 is 23.4 Å². The van der Waals surface area contributed by atoms with E-state index in [-0.39, 0.29) is 18.4 Å². The van der Waals surface area contributed by atoms with Crippen molar-refractivity contribution in [3.8, 4) is 0 Å². The average molecular weight is 482 g/mol. The fraction of sp³-hybridized carbons (Fsp3) is 0.556. The van der Waals surface area contributed by atoms with E-state index in [0.717, 1.165) is 48.1 Å². The molecule has 190 valence electrons.